The number of ether oxygens (including phenoxy) is 1. The molecule has 1 aromatic carbocycles. The van der Waals surface area contributed by atoms with Crippen molar-refractivity contribution in [1.82, 2.24) is 0 Å². The molecule has 3 N–H and O–H groups in total. The summed E-state index contributed by atoms with van der Waals surface area (Å²) in [5.74, 6) is -1.57. The predicted molar refractivity (Wildman–Crippen MR) is 63.5 cm³/mol. The van der Waals surface area contributed by atoms with Gasteiger partial charge in [0.15, 0.2) is 0 Å². The molecular weight excluding hydrogens is 236 g/mol. The van der Waals surface area contributed by atoms with Crippen molar-refractivity contribution in [3.05, 3.63) is 23.8 Å². The molecule has 0 bridgehead atoms. The van der Waals surface area contributed by atoms with Crippen molar-refractivity contribution in [1.29, 1.82) is 0 Å². The van der Waals surface area contributed by atoms with Crippen LogP contribution in [0.2, 0.25) is 0 Å². The first-order valence-electron chi connectivity index (χ1n) is 5.90. The van der Waals surface area contributed by atoms with Crippen LogP contribution in [0.3, 0.4) is 0 Å². The lowest BCUT2D eigenvalue weighted by molar-refractivity contribution is -0.154. The normalized spacial score (nSPS) is 23.2. The third kappa shape index (κ3) is 1.90. The molecule has 0 radical (unpaired) electrons. The van der Waals surface area contributed by atoms with Crippen molar-refractivity contribution in [2.24, 2.45) is 5.92 Å². The van der Waals surface area contributed by atoms with Gasteiger partial charge >= 0.3 is 5.97 Å². The van der Waals surface area contributed by atoms with Crippen molar-refractivity contribution in [3.8, 4) is 11.5 Å². The van der Waals surface area contributed by atoms with Gasteiger partial charge in [0.1, 0.15) is 23.7 Å². The number of hydrogen-bond acceptors (Lipinski definition) is 4. The van der Waals surface area contributed by atoms with Crippen molar-refractivity contribution in [2.75, 3.05) is 6.61 Å². The zero-order chi connectivity index (χ0) is 13.3. The number of hydrogen-bond donors (Lipinski definition) is 3. The molecule has 2 atom stereocenters. The number of carboxylic acids is 1. The maximum absolute atomic E-state index is 11.3. The lowest BCUT2D eigenvalue weighted by Gasteiger charge is -2.28. The number of phenols is 1. The Morgan fingerprint density at radius 3 is 2.89 bits per heavy atom. The van der Waals surface area contributed by atoms with Gasteiger partial charge in [-0.25, -0.2) is 0 Å². The average Bonchev–Trinajstić information content (AvgIpc) is 2.64. The summed E-state index contributed by atoms with van der Waals surface area (Å²) >= 11 is 0. The van der Waals surface area contributed by atoms with Crippen LogP contribution in [0.1, 0.15) is 25.3 Å². The maximum Gasteiger partial charge on any atom is 0.309 e. The highest BCUT2D eigenvalue weighted by Gasteiger charge is 2.48. The fourth-order valence-electron chi connectivity index (χ4n) is 2.40. The first-order valence-corrected chi connectivity index (χ1v) is 5.90. The van der Waals surface area contributed by atoms with E-state index >= 15 is 0 Å². The molecule has 0 fully saturated rings. The van der Waals surface area contributed by atoms with Crippen molar-refractivity contribution < 1.29 is 24.9 Å². The molecule has 1 aliphatic heterocycles. The summed E-state index contributed by atoms with van der Waals surface area (Å²) in [5.41, 5.74) is -1.09. The predicted octanol–water partition coefficient (Wildman–Crippen LogP) is 1.47. The van der Waals surface area contributed by atoms with Gasteiger partial charge in [0.2, 0.25) is 0 Å². The molecule has 0 aliphatic carbocycles. The van der Waals surface area contributed by atoms with Crippen LogP contribution in [0.25, 0.3) is 0 Å². The van der Waals surface area contributed by atoms with Crippen LogP contribution < -0.4 is 4.74 Å². The molecule has 18 heavy (non-hydrogen) atoms. The lowest BCUT2D eigenvalue weighted by atomic mass is 9.80. The molecule has 2 rings (SSSR count). The van der Waals surface area contributed by atoms with Crippen molar-refractivity contribution in [3.63, 3.8) is 0 Å². The number of carboxylic acid groups (broad SMARTS) is 1. The number of phenolic OH excluding ortho intramolecular Hbond substituents is 1. The first kappa shape index (κ1) is 12.7. The highest BCUT2D eigenvalue weighted by Crippen LogP contribution is 2.44. The standard InChI is InChI=1S/C13H16O5/c1-2-3-10(12(15)16)13(17)7-18-11-6-8(14)4-5-9(11)13/h4-6,10,14,17H,2-3,7H2,1H3,(H,15,16). The van der Waals surface area contributed by atoms with Gasteiger partial charge in [-0.3, -0.25) is 4.79 Å². The number of aliphatic carboxylic acids is 1. The van der Waals surface area contributed by atoms with Crippen molar-refractivity contribution >= 4 is 5.97 Å². The lowest BCUT2D eigenvalue weighted by Crippen LogP contribution is -2.41. The third-order valence-corrected chi connectivity index (χ3v) is 3.33. The molecule has 0 saturated carbocycles. The number of aliphatic hydroxyl groups is 1. The van der Waals surface area contributed by atoms with Crippen LogP contribution in [-0.4, -0.2) is 27.9 Å². The topological polar surface area (TPSA) is 87.0 Å². The summed E-state index contributed by atoms with van der Waals surface area (Å²) in [4.78, 5) is 11.3. The van der Waals surface area contributed by atoms with Crippen LogP contribution in [-0.2, 0) is 10.4 Å². The van der Waals surface area contributed by atoms with Crippen LogP contribution in [0.15, 0.2) is 18.2 Å². The second-order valence-corrected chi connectivity index (χ2v) is 4.57. The van der Waals surface area contributed by atoms with Crippen LogP contribution in [0.4, 0.5) is 0 Å². The van der Waals surface area contributed by atoms with Crippen molar-refractivity contribution in [2.45, 2.75) is 25.4 Å². The summed E-state index contributed by atoms with van der Waals surface area (Å²) in [6, 6.07) is 4.32. The van der Waals surface area contributed by atoms with Gasteiger partial charge in [0.25, 0.3) is 0 Å². The van der Waals surface area contributed by atoms with E-state index in [4.69, 9.17) is 4.74 Å². The third-order valence-electron chi connectivity index (χ3n) is 3.33. The largest absolute Gasteiger partial charge is 0.508 e. The van der Waals surface area contributed by atoms with Crippen LogP contribution in [0, 0.1) is 5.92 Å². The monoisotopic (exact) mass is 252 g/mol. The molecular formula is C13H16O5. The van der Waals surface area contributed by atoms with E-state index in [0.717, 1.165) is 0 Å². The minimum Gasteiger partial charge on any atom is -0.508 e. The second-order valence-electron chi connectivity index (χ2n) is 4.57. The Kier molecular flexibility index (Phi) is 3.17. The molecule has 5 heteroatoms. The highest BCUT2D eigenvalue weighted by atomic mass is 16.5. The summed E-state index contributed by atoms with van der Waals surface area (Å²) in [5, 5.41) is 29.2. The Bertz CT molecular complexity index is 470. The van der Waals surface area contributed by atoms with Gasteiger partial charge in [-0.1, -0.05) is 13.3 Å². The average molecular weight is 252 g/mol. The van der Waals surface area contributed by atoms with Gasteiger partial charge in [0.05, 0.1) is 5.92 Å². The Hall–Kier alpha value is -1.75. The van der Waals surface area contributed by atoms with E-state index in [1.807, 2.05) is 6.92 Å². The van der Waals surface area contributed by atoms with Gasteiger partial charge in [-0.2, -0.15) is 0 Å². The van der Waals surface area contributed by atoms with E-state index in [2.05, 4.69) is 0 Å². The molecule has 1 heterocycles. The van der Waals surface area contributed by atoms with Gasteiger partial charge in [-0.05, 0) is 18.6 Å². The Balaban J connectivity index is 2.42. The highest BCUT2D eigenvalue weighted by molar-refractivity contribution is 5.73. The van der Waals surface area contributed by atoms with E-state index < -0.39 is 17.5 Å². The summed E-state index contributed by atoms with van der Waals surface area (Å²) in [6.45, 7) is 1.77. The first-order chi connectivity index (χ1) is 8.49. The minimum atomic E-state index is -1.52. The fraction of sp³-hybridized carbons (Fsp3) is 0.462. The quantitative estimate of drug-likeness (QED) is 0.755. The Labute approximate surface area is 105 Å². The number of carbonyl (C=O) groups is 1. The number of aromatic hydroxyl groups is 1. The van der Waals surface area contributed by atoms with Crippen LogP contribution >= 0.6 is 0 Å². The second kappa shape index (κ2) is 4.49. The Morgan fingerprint density at radius 2 is 2.28 bits per heavy atom. The summed E-state index contributed by atoms with van der Waals surface area (Å²) in [7, 11) is 0. The van der Waals surface area contributed by atoms with E-state index in [9.17, 15) is 20.1 Å². The summed E-state index contributed by atoms with van der Waals surface area (Å²) < 4.78 is 5.30. The molecule has 5 nitrogen and oxygen atoms in total. The number of rotatable bonds is 4. The molecule has 0 saturated heterocycles. The number of fused-ring (bicyclic) bond motifs is 1. The SMILES string of the molecule is CCCC(C(=O)O)C1(O)COc2cc(O)ccc21. The zero-order valence-corrected chi connectivity index (χ0v) is 10.1. The molecule has 1 aromatic rings. The molecule has 2 unspecified atom stereocenters. The molecule has 0 aromatic heterocycles. The fourth-order valence-corrected chi connectivity index (χ4v) is 2.40. The minimum absolute atomic E-state index is 0.0281. The smallest absolute Gasteiger partial charge is 0.309 e. The van der Waals surface area contributed by atoms with Gasteiger partial charge in [0, 0.05) is 11.6 Å². The summed E-state index contributed by atoms with van der Waals surface area (Å²) in [6.07, 6.45) is 1.03. The Morgan fingerprint density at radius 1 is 1.56 bits per heavy atom. The van der Waals surface area contributed by atoms with Gasteiger partial charge in [-0.15, -0.1) is 0 Å². The van der Waals surface area contributed by atoms with E-state index in [1.165, 1.54) is 18.2 Å². The number of benzene rings is 1. The molecule has 0 amide bonds. The molecule has 1 aliphatic rings. The molecule has 98 valence electrons. The maximum atomic E-state index is 11.3. The molecule has 0 spiro atoms. The van der Waals surface area contributed by atoms with E-state index in [0.29, 0.717) is 24.2 Å². The van der Waals surface area contributed by atoms with Crippen LogP contribution in [0.5, 0.6) is 11.5 Å². The zero-order valence-electron chi connectivity index (χ0n) is 10.1. The van der Waals surface area contributed by atoms with E-state index in [1.54, 1.807) is 0 Å². The van der Waals surface area contributed by atoms with E-state index in [-0.39, 0.29) is 12.4 Å². The van der Waals surface area contributed by atoms with Gasteiger partial charge < -0.3 is 20.1 Å².